The molecule has 3 atom stereocenters. The van der Waals surface area contributed by atoms with Crippen LogP contribution >= 0.6 is 11.8 Å². The maximum atomic E-state index is 5.18. The van der Waals surface area contributed by atoms with Crippen molar-refractivity contribution in [3.63, 3.8) is 0 Å². The highest BCUT2D eigenvalue weighted by molar-refractivity contribution is 8.00. The molecule has 108 valence electrons. The molecule has 3 unspecified atom stereocenters. The lowest BCUT2D eigenvalue weighted by molar-refractivity contribution is 0.142. The van der Waals surface area contributed by atoms with E-state index in [1.54, 1.807) is 7.11 Å². The second kappa shape index (κ2) is 7.76. The maximum absolute atomic E-state index is 5.18. The summed E-state index contributed by atoms with van der Waals surface area (Å²) < 4.78 is 5.18. The van der Waals surface area contributed by atoms with E-state index >= 15 is 0 Å². The van der Waals surface area contributed by atoms with Gasteiger partial charge in [-0.1, -0.05) is 27.2 Å². The monoisotopic (exact) mass is 273 g/mol. The Kier molecular flexibility index (Phi) is 7.04. The minimum Gasteiger partial charge on any atom is -0.384 e. The first-order valence-corrected chi connectivity index (χ1v) is 8.37. The lowest BCUT2D eigenvalue weighted by atomic mass is 9.68. The van der Waals surface area contributed by atoms with Crippen molar-refractivity contribution in [1.82, 2.24) is 5.32 Å². The molecule has 0 spiro atoms. The Balaban J connectivity index is 2.54. The largest absolute Gasteiger partial charge is 0.384 e. The molecule has 3 heteroatoms. The fraction of sp³-hybridized carbons (Fsp3) is 1.00. The van der Waals surface area contributed by atoms with Crippen LogP contribution in [0.4, 0.5) is 0 Å². The Hall–Kier alpha value is 0.270. The Morgan fingerprint density at radius 2 is 2.06 bits per heavy atom. The molecule has 18 heavy (non-hydrogen) atoms. The van der Waals surface area contributed by atoms with Gasteiger partial charge in [0.25, 0.3) is 0 Å². The van der Waals surface area contributed by atoms with E-state index in [4.69, 9.17) is 4.74 Å². The van der Waals surface area contributed by atoms with Crippen molar-refractivity contribution in [2.45, 2.75) is 57.7 Å². The number of hydrogen-bond acceptors (Lipinski definition) is 3. The molecule has 0 radical (unpaired) electrons. The molecule has 0 aromatic heterocycles. The zero-order valence-corrected chi connectivity index (χ0v) is 13.6. The van der Waals surface area contributed by atoms with E-state index in [0.29, 0.717) is 11.5 Å². The Bertz CT molecular complexity index is 233. The number of rotatable bonds is 7. The lowest BCUT2D eigenvalue weighted by Gasteiger charge is -2.43. The SMILES string of the molecule is CCC(C)(C)C1CCC(NC)C(SCCOC)C1. The smallest absolute Gasteiger partial charge is 0.0553 e. The van der Waals surface area contributed by atoms with Gasteiger partial charge >= 0.3 is 0 Å². The summed E-state index contributed by atoms with van der Waals surface area (Å²) in [5, 5.41) is 4.27. The van der Waals surface area contributed by atoms with E-state index in [1.165, 1.54) is 25.7 Å². The highest BCUT2D eigenvalue weighted by Crippen LogP contribution is 2.43. The number of hydrogen-bond donors (Lipinski definition) is 1. The summed E-state index contributed by atoms with van der Waals surface area (Å²) in [6.45, 7) is 8.08. The molecule has 1 aliphatic rings. The molecule has 1 aliphatic carbocycles. The molecular weight excluding hydrogens is 242 g/mol. The Morgan fingerprint density at radius 3 is 2.61 bits per heavy atom. The third-order valence-corrected chi connectivity index (χ3v) is 6.15. The van der Waals surface area contributed by atoms with E-state index in [-0.39, 0.29) is 0 Å². The Morgan fingerprint density at radius 1 is 1.33 bits per heavy atom. The molecule has 1 rings (SSSR count). The summed E-state index contributed by atoms with van der Waals surface area (Å²) in [5.41, 5.74) is 0.499. The molecule has 0 saturated heterocycles. The second-order valence-corrected chi connectivity index (χ2v) is 7.50. The van der Waals surface area contributed by atoms with Gasteiger partial charge in [-0.15, -0.1) is 0 Å². The van der Waals surface area contributed by atoms with Gasteiger partial charge in [0.15, 0.2) is 0 Å². The van der Waals surface area contributed by atoms with Crippen molar-refractivity contribution < 1.29 is 4.74 Å². The van der Waals surface area contributed by atoms with Gasteiger partial charge in [-0.25, -0.2) is 0 Å². The molecule has 0 aliphatic heterocycles. The number of ether oxygens (including phenoxy) is 1. The summed E-state index contributed by atoms with van der Waals surface area (Å²) in [7, 11) is 3.90. The summed E-state index contributed by atoms with van der Waals surface area (Å²) >= 11 is 2.10. The molecule has 0 aromatic carbocycles. The van der Waals surface area contributed by atoms with Gasteiger partial charge in [0, 0.05) is 24.2 Å². The van der Waals surface area contributed by atoms with Crippen LogP contribution < -0.4 is 5.32 Å². The summed E-state index contributed by atoms with van der Waals surface area (Å²) in [5.74, 6) is 2.01. The minimum absolute atomic E-state index is 0.499. The van der Waals surface area contributed by atoms with E-state index in [2.05, 4.69) is 44.9 Å². The fourth-order valence-electron chi connectivity index (χ4n) is 2.92. The standard InChI is InChI=1S/C15H31NOS/c1-6-15(2,3)12-7-8-13(16-4)14(11-12)18-10-9-17-5/h12-14,16H,6-11H2,1-5H3. The third-order valence-electron chi connectivity index (χ3n) is 4.80. The lowest BCUT2D eigenvalue weighted by Crippen LogP contribution is -2.44. The van der Waals surface area contributed by atoms with E-state index in [0.717, 1.165) is 23.5 Å². The zero-order valence-electron chi connectivity index (χ0n) is 12.8. The second-order valence-electron chi connectivity index (χ2n) is 6.15. The molecule has 0 amide bonds. The van der Waals surface area contributed by atoms with Gasteiger partial charge < -0.3 is 10.1 Å². The van der Waals surface area contributed by atoms with Crippen LogP contribution in [-0.2, 0) is 4.74 Å². The molecule has 1 fully saturated rings. The van der Waals surface area contributed by atoms with Crippen molar-refractivity contribution in [2.75, 3.05) is 26.5 Å². The van der Waals surface area contributed by atoms with E-state index in [1.807, 2.05) is 0 Å². The Labute approximate surface area is 118 Å². The first-order valence-electron chi connectivity index (χ1n) is 7.33. The van der Waals surface area contributed by atoms with Crippen molar-refractivity contribution in [2.24, 2.45) is 11.3 Å². The average molecular weight is 273 g/mol. The van der Waals surface area contributed by atoms with Crippen LogP contribution in [0.1, 0.15) is 46.5 Å². The van der Waals surface area contributed by atoms with Crippen LogP contribution in [0.3, 0.4) is 0 Å². The van der Waals surface area contributed by atoms with Gasteiger partial charge in [-0.05, 0) is 37.6 Å². The van der Waals surface area contributed by atoms with Gasteiger partial charge in [0.05, 0.1) is 6.61 Å². The molecule has 2 nitrogen and oxygen atoms in total. The topological polar surface area (TPSA) is 21.3 Å². The van der Waals surface area contributed by atoms with Gasteiger partial charge in [-0.2, -0.15) is 11.8 Å². The molecule has 0 aromatic rings. The van der Waals surface area contributed by atoms with Crippen molar-refractivity contribution in [3.05, 3.63) is 0 Å². The summed E-state index contributed by atoms with van der Waals surface area (Å²) in [6.07, 6.45) is 5.36. The van der Waals surface area contributed by atoms with Crippen LogP contribution in [0.15, 0.2) is 0 Å². The van der Waals surface area contributed by atoms with Gasteiger partial charge in [-0.3, -0.25) is 0 Å². The minimum atomic E-state index is 0.499. The van der Waals surface area contributed by atoms with Crippen LogP contribution in [0.5, 0.6) is 0 Å². The highest BCUT2D eigenvalue weighted by Gasteiger charge is 2.36. The molecule has 0 bridgehead atoms. The number of methoxy groups -OCH3 is 1. The van der Waals surface area contributed by atoms with E-state index in [9.17, 15) is 0 Å². The van der Waals surface area contributed by atoms with Crippen molar-refractivity contribution in [1.29, 1.82) is 0 Å². The summed E-state index contributed by atoms with van der Waals surface area (Å²) in [4.78, 5) is 0. The maximum Gasteiger partial charge on any atom is 0.0553 e. The van der Waals surface area contributed by atoms with Crippen molar-refractivity contribution >= 4 is 11.8 Å². The van der Waals surface area contributed by atoms with Gasteiger partial charge in [0.1, 0.15) is 0 Å². The molecular formula is C15H31NOS. The van der Waals surface area contributed by atoms with Crippen LogP contribution in [0.2, 0.25) is 0 Å². The van der Waals surface area contributed by atoms with Crippen LogP contribution in [-0.4, -0.2) is 37.8 Å². The fourth-order valence-corrected chi connectivity index (χ4v) is 4.36. The van der Waals surface area contributed by atoms with Crippen molar-refractivity contribution in [3.8, 4) is 0 Å². The molecule has 0 heterocycles. The van der Waals surface area contributed by atoms with E-state index < -0.39 is 0 Å². The zero-order chi connectivity index (χ0) is 13.6. The first kappa shape index (κ1) is 16.3. The quantitative estimate of drug-likeness (QED) is 0.717. The average Bonchev–Trinajstić information content (AvgIpc) is 2.39. The third kappa shape index (κ3) is 4.43. The summed E-state index contributed by atoms with van der Waals surface area (Å²) in [6, 6.07) is 0.691. The highest BCUT2D eigenvalue weighted by atomic mass is 32.2. The molecule has 1 N–H and O–H groups in total. The molecule has 1 saturated carbocycles. The predicted octanol–water partition coefficient (Wildman–Crippen LogP) is 3.56. The predicted molar refractivity (Wildman–Crippen MR) is 82.4 cm³/mol. The number of nitrogens with one attached hydrogen (secondary N) is 1. The van der Waals surface area contributed by atoms with Gasteiger partial charge in [0.2, 0.25) is 0 Å². The normalized spacial score (nSPS) is 29.5. The first-order chi connectivity index (χ1) is 8.55. The number of thioether (sulfide) groups is 1. The van der Waals surface area contributed by atoms with Crippen LogP contribution in [0.25, 0.3) is 0 Å². The van der Waals surface area contributed by atoms with Crippen LogP contribution in [0, 0.1) is 11.3 Å².